The van der Waals surface area contributed by atoms with E-state index in [-0.39, 0.29) is 11.8 Å². The van der Waals surface area contributed by atoms with Crippen molar-refractivity contribution >= 4 is 23.6 Å². The summed E-state index contributed by atoms with van der Waals surface area (Å²) < 4.78 is 16.5. The highest BCUT2D eigenvalue weighted by atomic mass is 16.5. The van der Waals surface area contributed by atoms with Gasteiger partial charge in [-0.2, -0.15) is 0 Å². The fraction of sp³-hybridized carbons (Fsp3) is 0.375. The van der Waals surface area contributed by atoms with Crippen LogP contribution in [-0.2, 0) is 16.1 Å². The van der Waals surface area contributed by atoms with Gasteiger partial charge in [-0.3, -0.25) is 4.79 Å². The van der Waals surface area contributed by atoms with Crippen LogP contribution in [0.1, 0.15) is 38.3 Å². The number of carbonyl (C=O) groups is 2. The molecule has 2 aromatic rings. The Morgan fingerprint density at radius 1 is 1.34 bits per heavy atom. The Hall–Kier alpha value is -3.55. The number of amides is 1. The molecule has 0 fully saturated rings. The van der Waals surface area contributed by atoms with E-state index in [1.165, 1.54) is 6.08 Å². The summed E-state index contributed by atoms with van der Waals surface area (Å²) in [6.07, 6.45) is 5.58. The summed E-state index contributed by atoms with van der Waals surface area (Å²) in [4.78, 5) is 30.4. The number of carbonyl (C=O) groups excluding carboxylic acids is 2. The largest absolute Gasteiger partial charge is 0.493 e. The number of esters is 1. The number of benzene rings is 1. The lowest BCUT2D eigenvalue weighted by Crippen LogP contribution is -2.46. The first-order valence-corrected chi connectivity index (χ1v) is 10.5. The summed E-state index contributed by atoms with van der Waals surface area (Å²) >= 11 is 0. The Bertz CT molecular complexity index is 1030. The number of aromatic nitrogens is 1. The Labute approximate surface area is 188 Å². The van der Waals surface area contributed by atoms with Crippen LogP contribution >= 0.6 is 0 Å². The van der Waals surface area contributed by atoms with Crippen LogP contribution in [0.4, 0.5) is 5.69 Å². The van der Waals surface area contributed by atoms with Crippen LogP contribution in [0.15, 0.2) is 36.5 Å². The highest BCUT2D eigenvalue weighted by Crippen LogP contribution is 2.33. The van der Waals surface area contributed by atoms with Crippen LogP contribution in [0.5, 0.6) is 17.4 Å². The third kappa shape index (κ3) is 5.19. The second-order valence-electron chi connectivity index (χ2n) is 8.09. The van der Waals surface area contributed by atoms with E-state index >= 15 is 0 Å². The molecule has 8 nitrogen and oxygen atoms in total. The van der Waals surface area contributed by atoms with Gasteiger partial charge in [0.1, 0.15) is 5.54 Å². The predicted molar refractivity (Wildman–Crippen MR) is 122 cm³/mol. The lowest BCUT2D eigenvalue weighted by atomic mass is 10.0. The number of ether oxygens (including phenoxy) is 3. The molecule has 3 rings (SSSR count). The van der Waals surface area contributed by atoms with Crippen LogP contribution in [0.2, 0.25) is 0 Å². The van der Waals surface area contributed by atoms with E-state index in [1.54, 1.807) is 51.2 Å². The molecule has 1 amide bonds. The molecular formula is C24H29N3O5. The molecular weight excluding hydrogens is 410 g/mol. The van der Waals surface area contributed by atoms with Crippen LogP contribution in [0.25, 0.3) is 6.08 Å². The predicted octanol–water partition coefficient (Wildman–Crippen LogP) is 3.66. The molecule has 2 heterocycles. The number of hydrogen-bond acceptors (Lipinski definition) is 7. The molecule has 0 unspecified atom stereocenters. The molecule has 0 aliphatic carbocycles. The molecule has 1 aromatic heterocycles. The monoisotopic (exact) mass is 439 g/mol. The Kier molecular flexibility index (Phi) is 7.02. The van der Waals surface area contributed by atoms with E-state index in [0.717, 1.165) is 12.0 Å². The van der Waals surface area contributed by atoms with Gasteiger partial charge in [-0.15, -0.1) is 0 Å². The maximum atomic E-state index is 12.7. The van der Waals surface area contributed by atoms with Crippen molar-refractivity contribution in [2.24, 2.45) is 0 Å². The number of anilines is 1. The first kappa shape index (κ1) is 23.1. The molecule has 0 bridgehead atoms. The van der Waals surface area contributed by atoms with E-state index in [2.05, 4.69) is 10.3 Å². The van der Waals surface area contributed by atoms with Crippen molar-refractivity contribution in [2.75, 3.05) is 26.1 Å². The maximum absolute atomic E-state index is 12.7. The smallest absolute Gasteiger partial charge is 0.337 e. The summed E-state index contributed by atoms with van der Waals surface area (Å²) in [5, 5.41) is 3.11. The van der Waals surface area contributed by atoms with Crippen molar-refractivity contribution in [1.29, 1.82) is 0 Å². The van der Waals surface area contributed by atoms with E-state index in [1.807, 2.05) is 25.1 Å². The summed E-state index contributed by atoms with van der Waals surface area (Å²) in [6, 6.07) is 7.43. The second-order valence-corrected chi connectivity index (χ2v) is 8.09. The molecule has 0 spiro atoms. The summed E-state index contributed by atoms with van der Waals surface area (Å²) in [7, 11) is 3.32. The Balaban J connectivity index is 1.71. The fourth-order valence-corrected chi connectivity index (χ4v) is 3.18. The molecule has 0 saturated heterocycles. The third-order valence-electron chi connectivity index (χ3n) is 4.95. The molecule has 32 heavy (non-hydrogen) atoms. The summed E-state index contributed by atoms with van der Waals surface area (Å²) in [6.45, 7) is 6.43. The number of methoxy groups -OCH3 is 1. The second kappa shape index (κ2) is 9.72. The van der Waals surface area contributed by atoms with E-state index in [0.29, 0.717) is 35.9 Å². The topological polar surface area (TPSA) is 90.0 Å². The number of hydrogen-bond donors (Lipinski definition) is 1. The number of likely N-dealkylation sites (N-methyl/N-ethyl adjacent to an activating group) is 1. The van der Waals surface area contributed by atoms with Gasteiger partial charge in [0.25, 0.3) is 0 Å². The molecule has 1 aromatic carbocycles. The molecule has 8 heteroatoms. The zero-order valence-corrected chi connectivity index (χ0v) is 19.1. The fourth-order valence-electron chi connectivity index (χ4n) is 3.18. The van der Waals surface area contributed by atoms with Gasteiger partial charge in [0, 0.05) is 31.4 Å². The van der Waals surface area contributed by atoms with Crippen molar-refractivity contribution in [3.05, 3.63) is 47.7 Å². The average Bonchev–Trinajstić information content (AvgIpc) is 2.76. The van der Waals surface area contributed by atoms with Gasteiger partial charge in [0.2, 0.25) is 11.8 Å². The SMILES string of the molecule is CCCOc1c(CN(C)C(=O)/C=C/c2cnc3c(c2)NC(C)(C)C(=O)O3)cccc1OC. The van der Waals surface area contributed by atoms with Gasteiger partial charge >= 0.3 is 5.97 Å². The van der Waals surface area contributed by atoms with Crippen molar-refractivity contribution in [2.45, 2.75) is 39.3 Å². The highest BCUT2D eigenvalue weighted by molar-refractivity contribution is 5.92. The first-order valence-electron chi connectivity index (χ1n) is 10.5. The van der Waals surface area contributed by atoms with Crippen LogP contribution in [0, 0.1) is 0 Å². The first-order chi connectivity index (χ1) is 15.2. The Morgan fingerprint density at radius 3 is 2.84 bits per heavy atom. The lowest BCUT2D eigenvalue weighted by Gasteiger charge is -2.30. The zero-order valence-electron chi connectivity index (χ0n) is 19.1. The molecule has 1 aliphatic heterocycles. The van der Waals surface area contributed by atoms with Gasteiger partial charge in [0.05, 0.1) is 19.4 Å². The normalized spacial score (nSPS) is 14.3. The molecule has 1 aliphatic rings. The number of nitrogens with zero attached hydrogens (tertiary/aromatic N) is 2. The van der Waals surface area contributed by atoms with E-state index in [4.69, 9.17) is 14.2 Å². The quantitative estimate of drug-likeness (QED) is 0.496. The highest BCUT2D eigenvalue weighted by Gasteiger charge is 2.35. The molecule has 1 N–H and O–H groups in total. The number of pyridine rings is 1. The summed E-state index contributed by atoms with van der Waals surface area (Å²) in [5.74, 6) is 0.961. The van der Waals surface area contributed by atoms with Gasteiger partial charge in [0.15, 0.2) is 11.5 Å². The molecule has 0 atom stereocenters. The van der Waals surface area contributed by atoms with Crippen molar-refractivity contribution in [3.8, 4) is 17.4 Å². The van der Waals surface area contributed by atoms with Crippen molar-refractivity contribution < 1.29 is 23.8 Å². The number of para-hydroxylation sites is 1. The standard InChI is InChI=1S/C24H29N3O5/c1-6-12-31-21-17(8-7-9-19(21)30-5)15-27(4)20(28)11-10-16-13-18-22(25-14-16)32-23(29)24(2,3)26-18/h7-11,13-14,26H,6,12,15H2,1-5H3/b11-10+. The Morgan fingerprint density at radius 2 is 2.12 bits per heavy atom. The maximum Gasteiger partial charge on any atom is 0.337 e. The van der Waals surface area contributed by atoms with Crippen molar-refractivity contribution in [3.63, 3.8) is 0 Å². The van der Waals surface area contributed by atoms with Gasteiger partial charge < -0.3 is 24.4 Å². The van der Waals surface area contributed by atoms with Gasteiger partial charge in [-0.1, -0.05) is 19.1 Å². The van der Waals surface area contributed by atoms with Gasteiger partial charge in [-0.05, 0) is 44.0 Å². The van der Waals surface area contributed by atoms with E-state index in [9.17, 15) is 9.59 Å². The van der Waals surface area contributed by atoms with Crippen molar-refractivity contribution in [1.82, 2.24) is 9.88 Å². The van der Waals surface area contributed by atoms with Crippen LogP contribution in [0.3, 0.4) is 0 Å². The lowest BCUT2D eigenvalue weighted by molar-refractivity contribution is -0.139. The summed E-state index contributed by atoms with van der Waals surface area (Å²) in [5.41, 5.74) is 1.33. The minimum absolute atomic E-state index is 0.174. The third-order valence-corrected chi connectivity index (χ3v) is 4.95. The zero-order chi connectivity index (χ0) is 23.3. The van der Waals surface area contributed by atoms with Crippen LogP contribution < -0.4 is 19.5 Å². The number of rotatable bonds is 8. The molecule has 0 saturated carbocycles. The minimum atomic E-state index is -0.846. The van der Waals surface area contributed by atoms with Gasteiger partial charge in [-0.25, -0.2) is 9.78 Å². The number of nitrogens with one attached hydrogen (secondary N) is 1. The minimum Gasteiger partial charge on any atom is -0.493 e. The molecule has 170 valence electrons. The number of fused-ring (bicyclic) bond motifs is 1. The van der Waals surface area contributed by atoms with E-state index < -0.39 is 11.5 Å². The average molecular weight is 440 g/mol. The van der Waals surface area contributed by atoms with Crippen LogP contribution in [-0.4, -0.2) is 48.1 Å². The molecule has 0 radical (unpaired) electrons.